The molecule has 0 spiro atoms. The number of halogens is 1. The van der Waals surface area contributed by atoms with Gasteiger partial charge in [0.2, 0.25) is 0 Å². The van der Waals surface area contributed by atoms with Crippen LogP contribution in [0.25, 0.3) is 22.2 Å². The molecule has 186 valence electrons. The van der Waals surface area contributed by atoms with Gasteiger partial charge >= 0.3 is 0 Å². The molecule has 2 aliphatic heterocycles. The minimum absolute atomic E-state index is 0.0623. The predicted octanol–water partition coefficient (Wildman–Crippen LogP) is 6.18. The average molecular weight is 493 g/mol. The maximum Gasteiger partial charge on any atom is 0.254 e. The van der Waals surface area contributed by atoms with Gasteiger partial charge in [0, 0.05) is 30.1 Å². The molecule has 37 heavy (non-hydrogen) atoms. The Hall–Kier alpha value is -3.51. The van der Waals surface area contributed by atoms with E-state index in [1.54, 1.807) is 6.07 Å². The number of hydrogen-bond donors (Lipinski definition) is 1. The van der Waals surface area contributed by atoms with Crippen LogP contribution in [0.15, 0.2) is 54.6 Å². The Kier molecular flexibility index (Phi) is 4.25. The average Bonchev–Trinajstić information content (AvgIpc) is 3.59. The van der Waals surface area contributed by atoms with Crippen molar-refractivity contribution in [3.05, 3.63) is 88.5 Å². The van der Waals surface area contributed by atoms with E-state index < -0.39 is 5.54 Å². The fourth-order valence-electron chi connectivity index (χ4n) is 7.00. The number of carbonyl (C=O) groups excluding carboxylic acids is 1. The van der Waals surface area contributed by atoms with Crippen LogP contribution in [0.1, 0.15) is 89.4 Å². The number of nitrogens with two attached hydrogens (primary N) is 1. The lowest BCUT2D eigenvalue weighted by molar-refractivity contribution is 0.0734. The summed E-state index contributed by atoms with van der Waals surface area (Å²) in [6, 6.07) is 17.9. The second-order valence-electron chi connectivity index (χ2n) is 11.5. The molecule has 8 rings (SSSR count). The molecule has 0 saturated heterocycles. The van der Waals surface area contributed by atoms with Gasteiger partial charge in [-0.3, -0.25) is 4.79 Å². The normalized spacial score (nSPS) is 23.5. The van der Waals surface area contributed by atoms with Crippen LogP contribution in [0, 0.1) is 5.82 Å². The lowest BCUT2D eigenvalue weighted by atomic mass is 9.72. The van der Waals surface area contributed by atoms with E-state index in [1.807, 2.05) is 48.3 Å². The first-order valence-electron chi connectivity index (χ1n) is 13.4. The number of aromatic nitrogens is 2. The second kappa shape index (κ2) is 7.29. The van der Waals surface area contributed by atoms with Gasteiger partial charge in [-0.1, -0.05) is 30.3 Å². The molecule has 2 fully saturated rings. The van der Waals surface area contributed by atoms with Gasteiger partial charge in [0.25, 0.3) is 5.91 Å². The summed E-state index contributed by atoms with van der Waals surface area (Å²) in [6.07, 6.45) is 5.93. The van der Waals surface area contributed by atoms with Crippen LogP contribution < -0.4 is 5.73 Å². The van der Waals surface area contributed by atoms with E-state index in [0.29, 0.717) is 11.5 Å². The number of imidazole rings is 1. The van der Waals surface area contributed by atoms with Gasteiger partial charge in [0.05, 0.1) is 23.1 Å². The van der Waals surface area contributed by atoms with Gasteiger partial charge in [-0.05, 0) is 84.5 Å². The van der Waals surface area contributed by atoms with E-state index in [1.165, 1.54) is 24.0 Å². The van der Waals surface area contributed by atoms with Crippen molar-refractivity contribution in [2.45, 2.75) is 62.1 Å². The summed E-state index contributed by atoms with van der Waals surface area (Å²) in [5.41, 5.74) is 13.6. The highest BCUT2D eigenvalue weighted by molar-refractivity contribution is 5.97. The van der Waals surface area contributed by atoms with Crippen LogP contribution in [-0.2, 0) is 5.54 Å². The summed E-state index contributed by atoms with van der Waals surface area (Å²) < 4.78 is 17.5. The monoisotopic (exact) mass is 492 g/mol. The van der Waals surface area contributed by atoms with E-state index in [4.69, 9.17) is 10.7 Å². The van der Waals surface area contributed by atoms with Crippen LogP contribution >= 0.6 is 0 Å². The highest BCUT2D eigenvalue weighted by atomic mass is 19.1. The second-order valence-corrected chi connectivity index (χ2v) is 11.5. The highest BCUT2D eigenvalue weighted by Crippen LogP contribution is 2.52. The Bertz CT molecular complexity index is 1630. The van der Waals surface area contributed by atoms with Crippen LogP contribution in [0.4, 0.5) is 4.39 Å². The zero-order valence-corrected chi connectivity index (χ0v) is 20.9. The fourth-order valence-corrected chi connectivity index (χ4v) is 7.00. The molecular formula is C31H29FN4O. The molecular weight excluding hydrogens is 463 g/mol. The molecule has 1 aromatic heterocycles. The fraction of sp³-hybridized carbons (Fsp3) is 0.355. The molecule has 5 nitrogen and oxygen atoms in total. The third-order valence-corrected chi connectivity index (χ3v) is 9.37. The largest absolute Gasteiger partial charge is 0.331 e. The van der Waals surface area contributed by atoms with Crippen molar-refractivity contribution in [2.24, 2.45) is 5.73 Å². The molecule has 2 atom stereocenters. The molecule has 6 heteroatoms. The minimum Gasteiger partial charge on any atom is -0.331 e. The van der Waals surface area contributed by atoms with Crippen molar-refractivity contribution >= 4 is 16.9 Å². The first-order valence-corrected chi connectivity index (χ1v) is 13.4. The number of amides is 1. The maximum absolute atomic E-state index is 15.2. The molecule has 4 aliphatic rings. The molecule has 1 amide bonds. The summed E-state index contributed by atoms with van der Waals surface area (Å²) >= 11 is 0. The Morgan fingerprint density at radius 2 is 1.81 bits per heavy atom. The standard InChI is InChI=1S/C31H29FN4O/c1-35-27-16-26(28-20(17-6-7-17)4-2-5-21(28)30(35)37)36-25-15-19(9-11-24(25)34-29(27)36)18-8-10-22(23(32)14-18)31(33)12-3-13-31/h2,4-5,8-11,14-15,17,26-27H,3,6-7,12-13,16,33H2,1H3/t26-,27-/m1/s1. The van der Waals surface area contributed by atoms with Crippen molar-refractivity contribution in [2.75, 3.05) is 7.05 Å². The van der Waals surface area contributed by atoms with Crippen LogP contribution in [-0.4, -0.2) is 27.4 Å². The number of nitrogens with zero attached hydrogens (tertiary/aromatic N) is 3. The SMILES string of the molecule is CN1C(=O)c2cccc(C3CC3)c2[C@H]2C[C@@H]1c1nc3ccc(-c4ccc(C5(N)CCC5)c(F)c4)cc3n12. The smallest absolute Gasteiger partial charge is 0.254 e. The summed E-state index contributed by atoms with van der Waals surface area (Å²) in [5, 5.41) is 0. The number of fused-ring (bicyclic) bond motifs is 9. The Morgan fingerprint density at radius 1 is 1.03 bits per heavy atom. The van der Waals surface area contributed by atoms with E-state index in [0.717, 1.165) is 59.2 Å². The number of rotatable bonds is 3. The number of benzene rings is 3. The van der Waals surface area contributed by atoms with Gasteiger partial charge in [0.1, 0.15) is 11.6 Å². The molecule has 2 saturated carbocycles. The topological polar surface area (TPSA) is 64.2 Å². The first-order chi connectivity index (χ1) is 17.9. The maximum atomic E-state index is 15.2. The lowest BCUT2D eigenvalue weighted by Crippen LogP contribution is -2.44. The summed E-state index contributed by atoms with van der Waals surface area (Å²) in [5.74, 6) is 1.35. The highest BCUT2D eigenvalue weighted by Gasteiger charge is 2.45. The quantitative estimate of drug-likeness (QED) is 0.372. The molecule has 2 bridgehead atoms. The number of carbonyl (C=O) groups is 1. The van der Waals surface area contributed by atoms with E-state index in [9.17, 15) is 4.79 Å². The van der Waals surface area contributed by atoms with Crippen LogP contribution in [0.5, 0.6) is 0 Å². The van der Waals surface area contributed by atoms with Gasteiger partial charge in [0.15, 0.2) is 0 Å². The Labute approximate surface area is 215 Å². The predicted molar refractivity (Wildman–Crippen MR) is 141 cm³/mol. The van der Waals surface area contributed by atoms with Gasteiger partial charge in [-0.15, -0.1) is 0 Å². The third kappa shape index (κ3) is 2.93. The molecule has 3 heterocycles. The molecule has 0 radical (unpaired) electrons. The molecule has 4 aromatic rings. The van der Waals surface area contributed by atoms with Crippen LogP contribution in [0.3, 0.4) is 0 Å². The lowest BCUT2D eigenvalue weighted by Gasteiger charge is -2.38. The molecule has 0 unspecified atom stereocenters. The Morgan fingerprint density at radius 3 is 2.54 bits per heavy atom. The van der Waals surface area contributed by atoms with Crippen molar-refractivity contribution in [3.63, 3.8) is 0 Å². The molecule has 2 N–H and O–H groups in total. The molecule has 3 aromatic carbocycles. The van der Waals surface area contributed by atoms with Gasteiger partial charge < -0.3 is 15.2 Å². The van der Waals surface area contributed by atoms with Crippen molar-refractivity contribution in [1.29, 1.82) is 0 Å². The van der Waals surface area contributed by atoms with Gasteiger partial charge in [-0.2, -0.15) is 0 Å². The van der Waals surface area contributed by atoms with Crippen molar-refractivity contribution in [1.82, 2.24) is 14.5 Å². The zero-order valence-electron chi connectivity index (χ0n) is 20.9. The summed E-state index contributed by atoms with van der Waals surface area (Å²) in [4.78, 5) is 20.4. The number of hydrogen-bond acceptors (Lipinski definition) is 3. The van der Waals surface area contributed by atoms with Crippen LogP contribution in [0.2, 0.25) is 0 Å². The molecule has 2 aliphatic carbocycles. The van der Waals surface area contributed by atoms with Gasteiger partial charge in [-0.25, -0.2) is 9.37 Å². The van der Waals surface area contributed by atoms with E-state index >= 15 is 4.39 Å². The van der Waals surface area contributed by atoms with E-state index in [2.05, 4.69) is 16.7 Å². The van der Waals surface area contributed by atoms with E-state index in [-0.39, 0.29) is 23.8 Å². The van der Waals surface area contributed by atoms with Crippen molar-refractivity contribution in [3.8, 4) is 11.1 Å². The minimum atomic E-state index is -0.523. The summed E-state index contributed by atoms with van der Waals surface area (Å²) in [6.45, 7) is 0. The summed E-state index contributed by atoms with van der Waals surface area (Å²) in [7, 11) is 1.90. The van der Waals surface area contributed by atoms with Crippen molar-refractivity contribution < 1.29 is 9.18 Å². The third-order valence-electron chi connectivity index (χ3n) is 9.37. The first kappa shape index (κ1) is 21.6. The Balaban J connectivity index is 1.29. The zero-order chi connectivity index (χ0) is 25.1.